The monoisotopic (exact) mass is 327 g/mol. The average molecular weight is 327 g/mol. The van der Waals surface area contributed by atoms with Gasteiger partial charge in [-0.05, 0) is 42.8 Å². The standard InChI is InChI=1S/C19H21NO4/c1-13-12-24-19-8-5-15(18(22)11-21)9-17(19)20(13)10-14-3-6-16(23-2)7-4-14/h3-9,13,21H,10-12H2,1-2H3. The zero-order valence-electron chi connectivity index (χ0n) is 13.9. The van der Waals surface area contributed by atoms with Gasteiger partial charge in [0, 0.05) is 12.1 Å². The number of nitrogens with zero attached hydrogens (tertiary/aromatic N) is 1. The van der Waals surface area contributed by atoms with E-state index in [9.17, 15) is 4.79 Å². The van der Waals surface area contributed by atoms with Gasteiger partial charge in [0.25, 0.3) is 0 Å². The summed E-state index contributed by atoms with van der Waals surface area (Å²) in [5, 5.41) is 9.09. The smallest absolute Gasteiger partial charge is 0.188 e. The molecule has 2 aromatic rings. The van der Waals surface area contributed by atoms with Gasteiger partial charge in [-0.3, -0.25) is 4.79 Å². The summed E-state index contributed by atoms with van der Waals surface area (Å²) in [6, 6.07) is 13.4. The van der Waals surface area contributed by atoms with Crippen LogP contribution in [0.15, 0.2) is 42.5 Å². The Kier molecular flexibility index (Phi) is 4.71. The largest absolute Gasteiger partial charge is 0.497 e. The van der Waals surface area contributed by atoms with Crippen molar-refractivity contribution in [3.63, 3.8) is 0 Å². The maximum absolute atomic E-state index is 11.8. The highest BCUT2D eigenvalue weighted by atomic mass is 16.5. The number of ketones is 1. The van der Waals surface area contributed by atoms with Gasteiger partial charge in [0.1, 0.15) is 24.7 Å². The van der Waals surface area contributed by atoms with E-state index in [1.54, 1.807) is 25.3 Å². The van der Waals surface area contributed by atoms with Crippen molar-refractivity contribution in [3.8, 4) is 11.5 Å². The van der Waals surface area contributed by atoms with Crippen molar-refractivity contribution in [2.24, 2.45) is 0 Å². The molecule has 0 saturated carbocycles. The van der Waals surface area contributed by atoms with Crippen LogP contribution in [0.25, 0.3) is 0 Å². The van der Waals surface area contributed by atoms with Gasteiger partial charge in [-0.15, -0.1) is 0 Å². The number of anilines is 1. The van der Waals surface area contributed by atoms with Gasteiger partial charge in [-0.1, -0.05) is 12.1 Å². The molecule has 1 N–H and O–H groups in total. The molecule has 0 spiro atoms. The minimum absolute atomic E-state index is 0.180. The number of carbonyl (C=O) groups excluding carboxylic acids is 1. The molecule has 1 unspecified atom stereocenters. The second-order valence-corrected chi connectivity index (χ2v) is 5.90. The summed E-state index contributed by atoms with van der Waals surface area (Å²) >= 11 is 0. The lowest BCUT2D eigenvalue weighted by molar-refractivity contribution is 0.0903. The summed E-state index contributed by atoms with van der Waals surface area (Å²) in [6.07, 6.45) is 0. The van der Waals surface area contributed by atoms with E-state index in [-0.39, 0.29) is 11.8 Å². The van der Waals surface area contributed by atoms with E-state index in [0.717, 1.165) is 22.7 Å². The van der Waals surface area contributed by atoms with Crippen molar-refractivity contribution in [3.05, 3.63) is 53.6 Å². The van der Waals surface area contributed by atoms with Crippen molar-refractivity contribution < 1.29 is 19.4 Å². The van der Waals surface area contributed by atoms with Crippen molar-refractivity contribution in [2.45, 2.75) is 19.5 Å². The molecule has 0 amide bonds. The number of methoxy groups -OCH3 is 1. The molecule has 5 heteroatoms. The average Bonchev–Trinajstić information content (AvgIpc) is 2.63. The highest BCUT2D eigenvalue weighted by Gasteiger charge is 2.25. The van der Waals surface area contributed by atoms with E-state index in [2.05, 4.69) is 11.8 Å². The maximum Gasteiger partial charge on any atom is 0.188 e. The molecule has 1 aliphatic heterocycles. The Hall–Kier alpha value is -2.53. The molecular weight excluding hydrogens is 306 g/mol. The molecule has 24 heavy (non-hydrogen) atoms. The topological polar surface area (TPSA) is 59.0 Å². The normalized spacial score (nSPS) is 16.3. The minimum atomic E-state index is -0.492. The first kappa shape index (κ1) is 16.3. The summed E-state index contributed by atoms with van der Waals surface area (Å²) in [6.45, 7) is 2.90. The number of Topliss-reactive ketones (excluding diaryl/α,β-unsaturated/α-hetero) is 1. The number of hydrogen-bond acceptors (Lipinski definition) is 5. The fraction of sp³-hybridized carbons (Fsp3) is 0.316. The Balaban J connectivity index is 1.91. The molecule has 0 aromatic heterocycles. The van der Waals surface area contributed by atoms with Gasteiger partial charge in [0.2, 0.25) is 0 Å². The van der Waals surface area contributed by atoms with Gasteiger partial charge in [0.05, 0.1) is 18.8 Å². The number of aliphatic hydroxyl groups is 1. The van der Waals surface area contributed by atoms with Gasteiger partial charge >= 0.3 is 0 Å². The first-order chi connectivity index (χ1) is 11.6. The van der Waals surface area contributed by atoms with Crippen LogP contribution in [0.4, 0.5) is 5.69 Å². The van der Waals surface area contributed by atoms with Crippen LogP contribution >= 0.6 is 0 Å². The molecule has 0 saturated heterocycles. The van der Waals surface area contributed by atoms with Gasteiger partial charge in [0.15, 0.2) is 5.78 Å². The zero-order chi connectivity index (χ0) is 17.1. The fourth-order valence-electron chi connectivity index (χ4n) is 2.84. The van der Waals surface area contributed by atoms with E-state index in [4.69, 9.17) is 14.6 Å². The Morgan fingerprint density at radius 1 is 1.29 bits per heavy atom. The highest BCUT2D eigenvalue weighted by molar-refractivity contribution is 5.98. The molecule has 1 atom stereocenters. The quantitative estimate of drug-likeness (QED) is 0.856. The lowest BCUT2D eigenvalue weighted by Crippen LogP contribution is -2.40. The lowest BCUT2D eigenvalue weighted by atomic mass is 10.1. The number of fused-ring (bicyclic) bond motifs is 1. The number of hydrogen-bond donors (Lipinski definition) is 1. The second-order valence-electron chi connectivity index (χ2n) is 5.90. The Morgan fingerprint density at radius 2 is 2.04 bits per heavy atom. The SMILES string of the molecule is COc1ccc(CN2c3cc(C(=O)CO)ccc3OCC2C)cc1. The predicted molar refractivity (Wildman–Crippen MR) is 92.0 cm³/mol. The third kappa shape index (κ3) is 3.21. The van der Waals surface area contributed by atoms with Crippen LogP contribution in [0.3, 0.4) is 0 Å². The van der Waals surface area contributed by atoms with Gasteiger partial charge in [-0.25, -0.2) is 0 Å². The van der Waals surface area contributed by atoms with E-state index >= 15 is 0 Å². The first-order valence-electron chi connectivity index (χ1n) is 7.93. The minimum Gasteiger partial charge on any atom is -0.497 e. The van der Waals surface area contributed by atoms with Crippen molar-refractivity contribution in [1.82, 2.24) is 0 Å². The number of ether oxygens (including phenoxy) is 2. The molecule has 1 heterocycles. The van der Waals surface area contributed by atoms with Crippen LogP contribution in [-0.4, -0.2) is 37.3 Å². The third-order valence-electron chi connectivity index (χ3n) is 4.26. The van der Waals surface area contributed by atoms with Gasteiger partial charge in [-0.2, -0.15) is 0 Å². The number of rotatable bonds is 5. The van der Waals surface area contributed by atoms with Crippen LogP contribution in [0.2, 0.25) is 0 Å². The lowest BCUT2D eigenvalue weighted by Gasteiger charge is -2.37. The zero-order valence-corrected chi connectivity index (χ0v) is 13.9. The number of aliphatic hydroxyl groups excluding tert-OH is 1. The van der Waals surface area contributed by atoms with Crippen LogP contribution in [0, 0.1) is 0 Å². The molecule has 0 fully saturated rings. The third-order valence-corrected chi connectivity index (χ3v) is 4.26. The molecule has 3 rings (SSSR count). The summed E-state index contributed by atoms with van der Waals surface area (Å²) < 4.78 is 11.0. The highest BCUT2D eigenvalue weighted by Crippen LogP contribution is 2.36. The first-order valence-corrected chi connectivity index (χ1v) is 7.93. The Bertz CT molecular complexity index is 727. The van der Waals surface area contributed by atoms with Crippen LogP contribution in [0.5, 0.6) is 11.5 Å². The van der Waals surface area contributed by atoms with Gasteiger partial charge < -0.3 is 19.5 Å². The molecule has 0 bridgehead atoms. The maximum atomic E-state index is 11.8. The molecule has 0 aliphatic carbocycles. The van der Waals surface area contributed by atoms with E-state index in [1.807, 2.05) is 24.3 Å². The van der Waals surface area contributed by atoms with E-state index in [1.165, 1.54) is 0 Å². The van der Waals surface area contributed by atoms with Crippen molar-refractivity contribution in [1.29, 1.82) is 0 Å². The molecule has 126 valence electrons. The van der Waals surface area contributed by atoms with Crippen LogP contribution < -0.4 is 14.4 Å². The number of benzene rings is 2. The summed E-state index contributed by atoms with van der Waals surface area (Å²) in [4.78, 5) is 14.0. The number of carbonyl (C=O) groups is 1. The molecule has 1 aliphatic rings. The predicted octanol–water partition coefficient (Wildman–Crippen LogP) is 2.66. The molecule has 2 aromatic carbocycles. The summed E-state index contributed by atoms with van der Waals surface area (Å²) in [5.74, 6) is 1.29. The fourth-order valence-corrected chi connectivity index (χ4v) is 2.84. The Labute approximate surface area is 141 Å². The molecular formula is C19H21NO4. The van der Waals surface area contributed by atoms with Crippen LogP contribution in [-0.2, 0) is 6.54 Å². The second kappa shape index (κ2) is 6.93. The van der Waals surface area contributed by atoms with Crippen LogP contribution in [0.1, 0.15) is 22.8 Å². The van der Waals surface area contributed by atoms with Crippen molar-refractivity contribution in [2.75, 3.05) is 25.2 Å². The molecule has 0 radical (unpaired) electrons. The Morgan fingerprint density at radius 3 is 2.71 bits per heavy atom. The summed E-state index contributed by atoms with van der Waals surface area (Å²) in [7, 11) is 1.65. The van der Waals surface area contributed by atoms with Crippen molar-refractivity contribution >= 4 is 11.5 Å². The van der Waals surface area contributed by atoms with E-state index in [0.29, 0.717) is 18.7 Å². The molecule has 5 nitrogen and oxygen atoms in total. The summed E-state index contributed by atoms with van der Waals surface area (Å²) in [5.41, 5.74) is 2.52. The van der Waals surface area contributed by atoms with E-state index < -0.39 is 6.61 Å².